The largest absolute Gasteiger partial charge is 0.467 e. The summed E-state index contributed by atoms with van der Waals surface area (Å²) in [4.78, 5) is 30.6. The number of hydrogen-bond donors (Lipinski definition) is 1. The van der Waals surface area contributed by atoms with Crippen molar-refractivity contribution < 1.29 is 14.0 Å². The van der Waals surface area contributed by atoms with Crippen molar-refractivity contribution in [3.63, 3.8) is 0 Å². The van der Waals surface area contributed by atoms with E-state index in [1.807, 2.05) is 23.6 Å². The summed E-state index contributed by atoms with van der Waals surface area (Å²) in [6.07, 6.45) is 2.33. The van der Waals surface area contributed by atoms with Gasteiger partial charge in [-0.05, 0) is 26.3 Å². The molecular formula is C17H30Cl2N4O3. The van der Waals surface area contributed by atoms with E-state index >= 15 is 0 Å². The van der Waals surface area contributed by atoms with Crippen LogP contribution in [0.25, 0.3) is 0 Å². The van der Waals surface area contributed by atoms with Crippen LogP contribution < -0.4 is 5.73 Å². The molecule has 1 fully saturated rings. The van der Waals surface area contributed by atoms with E-state index in [-0.39, 0.29) is 43.2 Å². The fraction of sp³-hybridized carbons (Fsp3) is 0.647. The summed E-state index contributed by atoms with van der Waals surface area (Å²) in [5.74, 6) is 0.734. The molecule has 1 aromatic rings. The van der Waals surface area contributed by atoms with E-state index in [9.17, 15) is 9.59 Å². The quantitative estimate of drug-likeness (QED) is 0.772. The molecule has 1 aromatic heterocycles. The summed E-state index contributed by atoms with van der Waals surface area (Å²) in [5, 5.41) is 0. The molecule has 0 radical (unpaired) electrons. The van der Waals surface area contributed by atoms with Crippen LogP contribution in [0.2, 0.25) is 0 Å². The Morgan fingerprint density at radius 1 is 1.15 bits per heavy atom. The lowest BCUT2D eigenvalue weighted by Gasteiger charge is -2.25. The van der Waals surface area contributed by atoms with Gasteiger partial charge in [-0.25, -0.2) is 0 Å². The summed E-state index contributed by atoms with van der Waals surface area (Å²) in [5.41, 5.74) is 6.06. The molecule has 150 valence electrons. The molecule has 2 rings (SSSR count). The van der Waals surface area contributed by atoms with Gasteiger partial charge < -0.3 is 20.0 Å². The third-order valence-corrected chi connectivity index (χ3v) is 4.45. The van der Waals surface area contributed by atoms with E-state index in [4.69, 9.17) is 10.2 Å². The average Bonchev–Trinajstić information content (AvgIpc) is 2.95. The normalized spacial score (nSPS) is 14.8. The van der Waals surface area contributed by atoms with Gasteiger partial charge in [-0.2, -0.15) is 0 Å². The predicted octanol–water partition coefficient (Wildman–Crippen LogP) is 1.60. The SMILES string of the molecule is CCN(CC)C(=O)CN1CCCN(C(=O)c2coc(CN)c2)CC1.Cl.Cl. The summed E-state index contributed by atoms with van der Waals surface area (Å²) in [6, 6.07) is 1.70. The second kappa shape index (κ2) is 12.2. The minimum atomic E-state index is -0.0321. The first-order valence-electron chi connectivity index (χ1n) is 8.65. The van der Waals surface area contributed by atoms with Crippen LogP contribution in [0.3, 0.4) is 0 Å². The van der Waals surface area contributed by atoms with E-state index < -0.39 is 0 Å². The van der Waals surface area contributed by atoms with Crippen molar-refractivity contribution in [2.24, 2.45) is 5.73 Å². The van der Waals surface area contributed by atoms with Crippen molar-refractivity contribution in [2.45, 2.75) is 26.8 Å². The van der Waals surface area contributed by atoms with Gasteiger partial charge in [-0.3, -0.25) is 14.5 Å². The minimum Gasteiger partial charge on any atom is -0.467 e. The molecule has 0 saturated carbocycles. The molecule has 26 heavy (non-hydrogen) atoms. The number of furan rings is 1. The number of nitrogens with zero attached hydrogens (tertiary/aromatic N) is 3. The van der Waals surface area contributed by atoms with Crippen LogP contribution in [0, 0.1) is 0 Å². The highest BCUT2D eigenvalue weighted by Crippen LogP contribution is 2.13. The Hall–Kier alpha value is -1.28. The Kier molecular flexibility index (Phi) is 11.6. The summed E-state index contributed by atoms with van der Waals surface area (Å²) in [7, 11) is 0. The van der Waals surface area contributed by atoms with Gasteiger partial charge in [0, 0.05) is 39.3 Å². The lowest BCUT2D eigenvalue weighted by molar-refractivity contribution is -0.132. The van der Waals surface area contributed by atoms with Gasteiger partial charge in [0.25, 0.3) is 5.91 Å². The third-order valence-electron chi connectivity index (χ3n) is 4.45. The highest BCUT2D eigenvalue weighted by Gasteiger charge is 2.23. The molecule has 0 atom stereocenters. The number of likely N-dealkylation sites (N-methyl/N-ethyl adjacent to an activating group) is 1. The Morgan fingerprint density at radius 3 is 2.42 bits per heavy atom. The van der Waals surface area contributed by atoms with Crippen molar-refractivity contribution in [2.75, 3.05) is 45.8 Å². The maximum absolute atomic E-state index is 12.5. The minimum absolute atomic E-state index is 0. The van der Waals surface area contributed by atoms with E-state index in [1.165, 1.54) is 6.26 Å². The first-order valence-corrected chi connectivity index (χ1v) is 8.65. The molecule has 2 amide bonds. The molecule has 1 saturated heterocycles. The van der Waals surface area contributed by atoms with Gasteiger partial charge in [0.05, 0.1) is 18.7 Å². The smallest absolute Gasteiger partial charge is 0.257 e. The summed E-state index contributed by atoms with van der Waals surface area (Å²) in [6.45, 7) is 9.01. The molecule has 2 heterocycles. The van der Waals surface area contributed by atoms with Crippen LogP contribution >= 0.6 is 24.8 Å². The molecular weight excluding hydrogens is 379 g/mol. The van der Waals surface area contributed by atoms with Crippen LogP contribution in [0.15, 0.2) is 16.7 Å². The highest BCUT2D eigenvalue weighted by atomic mass is 35.5. The van der Waals surface area contributed by atoms with Crippen molar-refractivity contribution in [1.82, 2.24) is 14.7 Å². The van der Waals surface area contributed by atoms with Crippen LogP contribution in [0.1, 0.15) is 36.4 Å². The van der Waals surface area contributed by atoms with Crippen LogP contribution in [0.5, 0.6) is 0 Å². The van der Waals surface area contributed by atoms with Gasteiger partial charge in [0.15, 0.2) is 0 Å². The number of amides is 2. The van der Waals surface area contributed by atoms with Crippen LogP contribution in [-0.4, -0.2) is 72.3 Å². The fourth-order valence-electron chi connectivity index (χ4n) is 2.98. The van der Waals surface area contributed by atoms with Gasteiger partial charge in [0.2, 0.25) is 5.91 Å². The zero-order valence-corrected chi connectivity index (χ0v) is 17.1. The van der Waals surface area contributed by atoms with Crippen molar-refractivity contribution in [1.29, 1.82) is 0 Å². The predicted molar refractivity (Wildman–Crippen MR) is 106 cm³/mol. The molecule has 1 aliphatic rings. The maximum Gasteiger partial charge on any atom is 0.257 e. The Bertz CT molecular complexity index is 564. The molecule has 1 aliphatic heterocycles. The van der Waals surface area contributed by atoms with E-state index in [1.54, 1.807) is 6.07 Å². The molecule has 0 aliphatic carbocycles. The first-order chi connectivity index (χ1) is 11.6. The molecule has 0 unspecified atom stereocenters. The second-order valence-corrected chi connectivity index (χ2v) is 5.99. The Labute approximate surface area is 167 Å². The van der Waals surface area contributed by atoms with Crippen molar-refractivity contribution in [3.8, 4) is 0 Å². The number of nitrogens with two attached hydrogens (primary N) is 1. The lowest BCUT2D eigenvalue weighted by atomic mass is 10.2. The van der Waals surface area contributed by atoms with Gasteiger partial charge >= 0.3 is 0 Å². The Balaban J connectivity index is 0.00000312. The number of halogens is 2. The van der Waals surface area contributed by atoms with Crippen LogP contribution in [0.4, 0.5) is 0 Å². The maximum atomic E-state index is 12.5. The Morgan fingerprint density at radius 2 is 1.85 bits per heavy atom. The van der Waals surface area contributed by atoms with Gasteiger partial charge in [-0.1, -0.05) is 0 Å². The van der Waals surface area contributed by atoms with Crippen LogP contribution in [-0.2, 0) is 11.3 Å². The standard InChI is InChI=1S/C17H28N4O3.2ClH/c1-3-20(4-2)16(22)12-19-6-5-7-21(9-8-19)17(23)14-10-15(11-18)24-13-14;;/h10,13H,3-9,11-12,18H2,1-2H3;2*1H. The third kappa shape index (κ3) is 6.46. The van der Waals surface area contributed by atoms with E-state index in [2.05, 4.69) is 4.90 Å². The molecule has 0 bridgehead atoms. The molecule has 7 nitrogen and oxygen atoms in total. The van der Waals surface area contributed by atoms with Gasteiger partial charge in [0.1, 0.15) is 12.0 Å². The zero-order valence-electron chi connectivity index (χ0n) is 15.5. The van der Waals surface area contributed by atoms with Crippen molar-refractivity contribution >= 4 is 36.6 Å². The first kappa shape index (κ1) is 24.7. The summed E-state index contributed by atoms with van der Waals surface area (Å²) >= 11 is 0. The topological polar surface area (TPSA) is 83.0 Å². The number of carbonyl (C=O) groups is 2. The summed E-state index contributed by atoms with van der Waals surface area (Å²) < 4.78 is 5.25. The second-order valence-electron chi connectivity index (χ2n) is 5.99. The number of carbonyl (C=O) groups excluding carboxylic acids is 2. The molecule has 0 aromatic carbocycles. The monoisotopic (exact) mass is 408 g/mol. The zero-order chi connectivity index (χ0) is 17.5. The highest BCUT2D eigenvalue weighted by molar-refractivity contribution is 5.94. The lowest BCUT2D eigenvalue weighted by Crippen LogP contribution is -2.42. The molecule has 9 heteroatoms. The van der Waals surface area contributed by atoms with Crippen molar-refractivity contribution in [3.05, 3.63) is 23.7 Å². The molecule has 0 spiro atoms. The molecule has 2 N–H and O–H groups in total. The average molecular weight is 409 g/mol. The fourth-order valence-corrected chi connectivity index (χ4v) is 2.98. The van der Waals surface area contributed by atoms with E-state index in [0.29, 0.717) is 37.5 Å². The number of hydrogen-bond acceptors (Lipinski definition) is 5. The number of rotatable bonds is 6. The van der Waals surface area contributed by atoms with E-state index in [0.717, 1.165) is 26.1 Å². The van der Waals surface area contributed by atoms with Gasteiger partial charge in [-0.15, -0.1) is 24.8 Å².